The summed E-state index contributed by atoms with van der Waals surface area (Å²) in [5.74, 6) is 0.786. The maximum atomic E-state index is 3.64. The molecule has 0 radical (unpaired) electrons. The van der Waals surface area contributed by atoms with E-state index in [-0.39, 0.29) is 0 Å². The Morgan fingerprint density at radius 2 is 2.40 bits per heavy atom. The van der Waals surface area contributed by atoms with Crippen molar-refractivity contribution in [2.75, 3.05) is 6.54 Å². The van der Waals surface area contributed by atoms with Crippen molar-refractivity contribution in [1.82, 2.24) is 5.32 Å². The molecule has 1 aromatic heterocycles. The molecule has 1 heterocycles. The second-order valence-corrected chi connectivity index (χ2v) is 6.10. The molecular formula is C12H18BrNS. The van der Waals surface area contributed by atoms with Crippen molar-refractivity contribution in [3.05, 3.63) is 20.8 Å². The summed E-state index contributed by atoms with van der Waals surface area (Å²) in [6.45, 7) is 3.40. The maximum absolute atomic E-state index is 3.64. The third kappa shape index (κ3) is 2.83. The summed E-state index contributed by atoms with van der Waals surface area (Å²) in [6, 6.07) is 2.93. The lowest BCUT2D eigenvalue weighted by atomic mass is 10.1. The number of thiophene rings is 1. The Labute approximate surface area is 104 Å². The number of rotatable bonds is 4. The normalized spacial score (nSPS) is 26.0. The number of nitrogens with one attached hydrogen (secondary N) is 1. The molecule has 3 heteroatoms. The summed E-state index contributed by atoms with van der Waals surface area (Å²) < 4.78 is 1.31. The number of hydrogen-bond donors (Lipinski definition) is 1. The second-order valence-electron chi connectivity index (χ2n) is 4.29. The SMILES string of the molecule is CCCNC1CCC(c2sccc2Br)C1. The van der Waals surface area contributed by atoms with E-state index in [1.165, 1.54) is 36.7 Å². The van der Waals surface area contributed by atoms with Gasteiger partial charge >= 0.3 is 0 Å². The highest BCUT2D eigenvalue weighted by Crippen LogP contribution is 2.40. The van der Waals surface area contributed by atoms with Gasteiger partial charge in [0.25, 0.3) is 0 Å². The number of halogens is 1. The average Bonchev–Trinajstić information content (AvgIpc) is 2.83. The van der Waals surface area contributed by atoms with Crippen molar-refractivity contribution in [2.45, 2.75) is 44.6 Å². The molecule has 1 saturated carbocycles. The lowest BCUT2D eigenvalue weighted by Gasteiger charge is -2.12. The van der Waals surface area contributed by atoms with E-state index in [2.05, 4.69) is 39.6 Å². The van der Waals surface area contributed by atoms with Crippen LogP contribution >= 0.6 is 27.3 Å². The Morgan fingerprint density at radius 3 is 3.07 bits per heavy atom. The van der Waals surface area contributed by atoms with Gasteiger partial charge in [0.1, 0.15) is 0 Å². The quantitative estimate of drug-likeness (QED) is 0.877. The Hall–Kier alpha value is 0.140. The van der Waals surface area contributed by atoms with Gasteiger partial charge in [0.15, 0.2) is 0 Å². The van der Waals surface area contributed by atoms with Crippen LogP contribution in [0.25, 0.3) is 0 Å². The van der Waals surface area contributed by atoms with E-state index in [1.807, 2.05) is 11.3 Å². The molecule has 2 atom stereocenters. The molecule has 1 nitrogen and oxygen atoms in total. The molecule has 0 bridgehead atoms. The molecule has 0 aromatic carbocycles. The Kier molecular flexibility index (Phi) is 4.23. The van der Waals surface area contributed by atoms with Crippen LogP contribution in [0, 0.1) is 0 Å². The van der Waals surface area contributed by atoms with Crippen LogP contribution in [0.2, 0.25) is 0 Å². The minimum Gasteiger partial charge on any atom is -0.314 e. The van der Waals surface area contributed by atoms with Crippen molar-refractivity contribution in [1.29, 1.82) is 0 Å². The molecule has 84 valence electrons. The first kappa shape index (κ1) is 11.6. The molecule has 15 heavy (non-hydrogen) atoms. The summed E-state index contributed by atoms with van der Waals surface area (Å²) >= 11 is 5.54. The Bertz CT molecular complexity index is 310. The predicted octanol–water partition coefficient (Wildman–Crippen LogP) is 4.15. The molecule has 2 unspecified atom stereocenters. The van der Waals surface area contributed by atoms with Gasteiger partial charge in [-0.05, 0) is 65.5 Å². The van der Waals surface area contributed by atoms with Gasteiger partial charge in [-0.25, -0.2) is 0 Å². The largest absolute Gasteiger partial charge is 0.314 e. The van der Waals surface area contributed by atoms with Crippen LogP contribution in [0.5, 0.6) is 0 Å². The minimum absolute atomic E-state index is 0.754. The highest BCUT2D eigenvalue weighted by atomic mass is 79.9. The lowest BCUT2D eigenvalue weighted by Crippen LogP contribution is -2.26. The van der Waals surface area contributed by atoms with Crippen LogP contribution in [-0.4, -0.2) is 12.6 Å². The second kappa shape index (κ2) is 5.46. The molecule has 1 fully saturated rings. The van der Waals surface area contributed by atoms with E-state index >= 15 is 0 Å². The van der Waals surface area contributed by atoms with Crippen molar-refractivity contribution >= 4 is 27.3 Å². The van der Waals surface area contributed by atoms with Crippen LogP contribution in [0.15, 0.2) is 15.9 Å². The van der Waals surface area contributed by atoms with Crippen molar-refractivity contribution in [3.8, 4) is 0 Å². The molecule has 2 rings (SSSR count). The molecule has 1 aromatic rings. The van der Waals surface area contributed by atoms with Crippen LogP contribution < -0.4 is 5.32 Å². The zero-order valence-electron chi connectivity index (χ0n) is 9.13. The van der Waals surface area contributed by atoms with Crippen LogP contribution in [-0.2, 0) is 0 Å². The molecule has 1 N–H and O–H groups in total. The first-order valence-corrected chi connectivity index (χ1v) is 7.44. The molecular weight excluding hydrogens is 270 g/mol. The Morgan fingerprint density at radius 1 is 1.53 bits per heavy atom. The van der Waals surface area contributed by atoms with E-state index in [0.717, 1.165) is 12.0 Å². The van der Waals surface area contributed by atoms with Crippen LogP contribution in [0.1, 0.15) is 43.4 Å². The summed E-state index contributed by atoms with van der Waals surface area (Å²) in [5, 5.41) is 5.82. The van der Waals surface area contributed by atoms with Gasteiger partial charge in [-0.2, -0.15) is 0 Å². The molecule has 0 spiro atoms. The van der Waals surface area contributed by atoms with E-state index < -0.39 is 0 Å². The van der Waals surface area contributed by atoms with Gasteiger partial charge in [-0.15, -0.1) is 11.3 Å². The smallest absolute Gasteiger partial charge is 0.0317 e. The fourth-order valence-corrected chi connectivity index (χ4v) is 4.20. The summed E-state index contributed by atoms with van der Waals surface area (Å²) in [5.41, 5.74) is 0. The highest BCUT2D eigenvalue weighted by molar-refractivity contribution is 9.10. The van der Waals surface area contributed by atoms with E-state index in [0.29, 0.717) is 0 Å². The molecule has 0 saturated heterocycles. The average molecular weight is 288 g/mol. The zero-order chi connectivity index (χ0) is 10.7. The Balaban J connectivity index is 1.90. The van der Waals surface area contributed by atoms with E-state index in [1.54, 1.807) is 4.88 Å². The molecule has 0 amide bonds. The maximum Gasteiger partial charge on any atom is 0.0317 e. The highest BCUT2D eigenvalue weighted by Gasteiger charge is 2.27. The van der Waals surface area contributed by atoms with Crippen molar-refractivity contribution in [2.24, 2.45) is 0 Å². The van der Waals surface area contributed by atoms with Crippen LogP contribution in [0.4, 0.5) is 0 Å². The van der Waals surface area contributed by atoms with E-state index in [4.69, 9.17) is 0 Å². The topological polar surface area (TPSA) is 12.0 Å². The number of hydrogen-bond acceptors (Lipinski definition) is 2. The summed E-state index contributed by atoms with van der Waals surface area (Å²) in [4.78, 5) is 1.55. The third-order valence-corrected chi connectivity index (χ3v) is 5.16. The fraction of sp³-hybridized carbons (Fsp3) is 0.667. The van der Waals surface area contributed by atoms with Gasteiger partial charge in [-0.1, -0.05) is 6.92 Å². The van der Waals surface area contributed by atoms with Gasteiger partial charge in [-0.3, -0.25) is 0 Å². The standard InChI is InChI=1S/C12H18BrNS/c1-2-6-14-10-4-3-9(8-10)12-11(13)5-7-15-12/h5,7,9-10,14H,2-4,6,8H2,1H3. The lowest BCUT2D eigenvalue weighted by molar-refractivity contribution is 0.517. The minimum atomic E-state index is 0.754. The first-order chi connectivity index (χ1) is 7.31. The third-order valence-electron chi connectivity index (χ3n) is 3.13. The van der Waals surface area contributed by atoms with Crippen molar-refractivity contribution in [3.63, 3.8) is 0 Å². The van der Waals surface area contributed by atoms with Gasteiger partial charge in [0.2, 0.25) is 0 Å². The first-order valence-electron chi connectivity index (χ1n) is 5.77. The molecule has 0 aliphatic heterocycles. The zero-order valence-corrected chi connectivity index (χ0v) is 11.5. The monoisotopic (exact) mass is 287 g/mol. The van der Waals surface area contributed by atoms with E-state index in [9.17, 15) is 0 Å². The van der Waals surface area contributed by atoms with Gasteiger partial charge < -0.3 is 5.32 Å². The van der Waals surface area contributed by atoms with Crippen LogP contribution in [0.3, 0.4) is 0 Å². The van der Waals surface area contributed by atoms with Gasteiger partial charge in [0, 0.05) is 15.4 Å². The summed E-state index contributed by atoms with van der Waals surface area (Å²) in [6.07, 6.45) is 5.25. The fourth-order valence-electron chi connectivity index (χ4n) is 2.35. The predicted molar refractivity (Wildman–Crippen MR) is 70.7 cm³/mol. The molecule has 1 aliphatic carbocycles. The molecule has 1 aliphatic rings. The summed E-state index contributed by atoms with van der Waals surface area (Å²) in [7, 11) is 0. The van der Waals surface area contributed by atoms with Crippen molar-refractivity contribution < 1.29 is 0 Å². The van der Waals surface area contributed by atoms with Gasteiger partial charge in [0.05, 0.1) is 0 Å².